The van der Waals surface area contributed by atoms with E-state index < -0.39 is 0 Å². The van der Waals surface area contributed by atoms with Crippen LogP contribution >= 0.6 is 0 Å². The quantitative estimate of drug-likeness (QED) is 0.243. The Morgan fingerprint density at radius 2 is 0.921 bits per heavy atom. The molecule has 0 aliphatic carbocycles. The lowest BCUT2D eigenvalue weighted by Gasteiger charge is -2.28. The Morgan fingerprint density at radius 3 is 1.21 bits per heavy atom. The number of hydrogen-bond acceptors (Lipinski definition) is 4. The molecule has 0 bridgehead atoms. The lowest BCUT2D eigenvalue weighted by Crippen LogP contribution is -2.32. The smallest absolute Gasteiger partial charge is 0.0703 e. The van der Waals surface area contributed by atoms with Crippen molar-refractivity contribution in [2.45, 2.75) is 48.5 Å². The summed E-state index contributed by atoms with van der Waals surface area (Å²) in [6.07, 6.45) is 3.99. The van der Waals surface area contributed by atoms with Crippen LogP contribution in [-0.2, 0) is 0 Å². The number of aryl methyl sites for hydroxylation is 4. The zero-order chi connectivity index (χ0) is 27.6. The largest absolute Gasteiger partial charge is 0.373 e. The van der Waals surface area contributed by atoms with E-state index in [4.69, 9.17) is 9.97 Å². The maximum atomic E-state index is 4.79. The molecule has 2 heterocycles. The summed E-state index contributed by atoms with van der Waals surface area (Å²) in [6, 6.07) is 17.6. The van der Waals surface area contributed by atoms with Gasteiger partial charge in [-0.3, -0.25) is 9.97 Å². The summed E-state index contributed by atoms with van der Waals surface area (Å²) >= 11 is 0. The van der Waals surface area contributed by atoms with E-state index in [1.807, 2.05) is 12.4 Å². The summed E-state index contributed by atoms with van der Waals surface area (Å²) in [5.41, 5.74) is 14.6. The highest BCUT2D eigenvalue weighted by Crippen LogP contribution is 2.27. The van der Waals surface area contributed by atoms with Crippen molar-refractivity contribution in [2.75, 3.05) is 37.0 Å². The molecule has 4 nitrogen and oxygen atoms in total. The Morgan fingerprint density at radius 1 is 0.579 bits per heavy atom. The molecule has 0 aliphatic rings. The molecule has 0 aliphatic heterocycles. The summed E-state index contributed by atoms with van der Waals surface area (Å²) in [6.45, 7) is 17.2. The molecule has 0 saturated heterocycles. The van der Waals surface area contributed by atoms with Gasteiger partial charge in [-0.25, -0.2) is 0 Å². The molecule has 2 aromatic heterocycles. The molecule has 4 aromatic rings. The van der Waals surface area contributed by atoms with Crippen LogP contribution in [0.3, 0.4) is 0 Å². The molecular weight excluding hydrogens is 464 g/mol. The van der Waals surface area contributed by atoms with Gasteiger partial charge in [-0.1, -0.05) is 6.92 Å². The van der Waals surface area contributed by atoms with E-state index >= 15 is 0 Å². The normalized spacial score (nSPS) is 11.2. The first-order valence-corrected chi connectivity index (χ1v) is 13.5. The number of rotatable bonds is 8. The van der Waals surface area contributed by atoms with Crippen LogP contribution in [0.4, 0.5) is 11.4 Å². The van der Waals surface area contributed by atoms with E-state index in [9.17, 15) is 0 Å². The lowest BCUT2D eigenvalue weighted by atomic mass is 9.99. The average Bonchev–Trinajstić information content (AvgIpc) is 2.89. The Bertz CT molecular complexity index is 1250. The highest BCUT2D eigenvalue weighted by Gasteiger charge is 2.13. The Labute approximate surface area is 229 Å². The van der Waals surface area contributed by atoms with Crippen LogP contribution in [0.15, 0.2) is 60.9 Å². The maximum Gasteiger partial charge on any atom is 0.0703 e. The molecule has 0 saturated carbocycles. The van der Waals surface area contributed by atoms with E-state index in [0.717, 1.165) is 35.9 Å². The van der Waals surface area contributed by atoms with E-state index in [2.05, 4.69) is 121 Å². The number of nitrogens with zero attached hydrogens (tertiary/aromatic N) is 4. The van der Waals surface area contributed by atoms with Gasteiger partial charge in [-0.15, -0.1) is 0 Å². The first-order chi connectivity index (χ1) is 18.0. The van der Waals surface area contributed by atoms with Crippen LogP contribution in [-0.4, -0.2) is 37.2 Å². The van der Waals surface area contributed by atoms with Gasteiger partial charge in [0.1, 0.15) is 0 Å². The molecule has 38 heavy (non-hydrogen) atoms. The third-order valence-electron chi connectivity index (χ3n) is 7.99. The summed E-state index contributed by atoms with van der Waals surface area (Å²) in [4.78, 5) is 14.2. The monoisotopic (exact) mass is 506 g/mol. The Kier molecular flexibility index (Phi) is 8.20. The third kappa shape index (κ3) is 6.07. The van der Waals surface area contributed by atoms with Gasteiger partial charge in [-0.05, 0) is 129 Å². The molecule has 0 amide bonds. The van der Waals surface area contributed by atoms with Gasteiger partial charge < -0.3 is 9.80 Å². The van der Waals surface area contributed by atoms with Crippen LogP contribution < -0.4 is 9.80 Å². The van der Waals surface area contributed by atoms with Crippen LogP contribution in [0.1, 0.15) is 40.3 Å². The minimum absolute atomic E-state index is 0.467. The van der Waals surface area contributed by atoms with Gasteiger partial charge in [0.25, 0.3) is 0 Å². The Hall–Kier alpha value is -3.66. The zero-order valence-electron chi connectivity index (χ0n) is 24.6. The van der Waals surface area contributed by atoms with Crippen molar-refractivity contribution >= 4 is 11.4 Å². The second kappa shape index (κ2) is 11.4. The van der Waals surface area contributed by atoms with Gasteiger partial charge in [0.05, 0.1) is 35.2 Å². The van der Waals surface area contributed by atoms with E-state index in [0.29, 0.717) is 5.92 Å². The number of aromatic nitrogens is 2. The molecule has 2 aromatic carbocycles. The van der Waals surface area contributed by atoms with Crippen molar-refractivity contribution in [3.63, 3.8) is 0 Å². The SMILES string of the molecule is Cc1cc(-c2ccc(N(C)CC(C)CN(C)c3ccc(-c4cc(C)c(C)c(C)c4)nc3)cn2)cc(C)c1C. The fraction of sp³-hybridized carbons (Fsp3) is 0.353. The third-order valence-corrected chi connectivity index (χ3v) is 7.99. The molecule has 0 atom stereocenters. The van der Waals surface area contributed by atoms with Gasteiger partial charge in [0, 0.05) is 38.3 Å². The number of benzene rings is 2. The van der Waals surface area contributed by atoms with Crippen LogP contribution in [0.25, 0.3) is 22.5 Å². The molecule has 0 N–H and O–H groups in total. The number of pyridine rings is 2. The standard InChI is InChI=1S/C34H42N4/c1-22(20-37(8)31-10-12-33(35-18-31)29-14-23(2)27(6)24(3)15-29)21-38(9)32-11-13-34(36-19-32)30-16-25(4)28(7)26(5)17-30/h10-19,22H,20-21H2,1-9H3. The van der Waals surface area contributed by atoms with Crippen LogP contribution in [0.5, 0.6) is 0 Å². The van der Waals surface area contributed by atoms with E-state index in [1.165, 1.54) is 44.5 Å². The first kappa shape index (κ1) is 27.4. The van der Waals surface area contributed by atoms with Crippen molar-refractivity contribution < 1.29 is 0 Å². The van der Waals surface area contributed by atoms with Crippen molar-refractivity contribution in [3.8, 4) is 22.5 Å². The molecule has 0 spiro atoms. The summed E-state index contributed by atoms with van der Waals surface area (Å²) in [7, 11) is 4.30. The minimum Gasteiger partial charge on any atom is -0.373 e. The molecule has 0 radical (unpaired) electrons. The zero-order valence-corrected chi connectivity index (χ0v) is 24.6. The minimum atomic E-state index is 0.467. The van der Waals surface area contributed by atoms with Crippen molar-refractivity contribution in [3.05, 3.63) is 94.3 Å². The van der Waals surface area contributed by atoms with Gasteiger partial charge in [0.15, 0.2) is 0 Å². The van der Waals surface area contributed by atoms with E-state index in [1.54, 1.807) is 0 Å². The molecule has 0 fully saturated rings. The molecule has 198 valence electrons. The van der Waals surface area contributed by atoms with Crippen molar-refractivity contribution in [1.82, 2.24) is 9.97 Å². The molecule has 4 heteroatoms. The van der Waals surface area contributed by atoms with Crippen LogP contribution in [0, 0.1) is 47.5 Å². The fourth-order valence-corrected chi connectivity index (χ4v) is 5.14. The number of hydrogen-bond donors (Lipinski definition) is 0. The summed E-state index contributed by atoms with van der Waals surface area (Å²) < 4.78 is 0. The Balaban J connectivity index is 1.36. The van der Waals surface area contributed by atoms with Crippen molar-refractivity contribution in [1.29, 1.82) is 0 Å². The van der Waals surface area contributed by atoms with Gasteiger partial charge in [0.2, 0.25) is 0 Å². The predicted molar refractivity (Wildman–Crippen MR) is 163 cm³/mol. The number of anilines is 2. The lowest BCUT2D eigenvalue weighted by molar-refractivity contribution is 0.573. The maximum absolute atomic E-state index is 4.79. The van der Waals surface area contributed by atoms with Crippen molar-refractivity contribution in [2.24, 2.45) is 5.92 Å². The summed E-state index contributed by atoms with van der Waals surface area (Å²) in [5, 5.41) is 0. The van der Waals surface area contributed by atoms with Gasteiger partial charge >= 0.3 is 0 Å². The second-order valence-electron chi connectivity index (χ2n) is 11.1. The molecule has 4 rings (SSSR count). The first-order valence-electron chi connectivity index (χ1n) is 13.5. The van der Waals surface area contributed by atoms with Gasteiger partial charge in [-0.2, -0.15) is 0 Å². The predicted octanol–water partition coefficient (Wildman–Crippen LogP) is 7.87. The highest BCUT2D eigenvalue weighted by molar-refractivity contribution is 5.65. The highest BCUT2D eigenvalue weighted by atomic mass is 15.1. The van der Waals surface area contributed by atoms with Crippen LogP contribution in [0.2, 0.25) is 0 Å². The second-order valence-corrected chi connectivity index (χ2v) is 11.1. The molecular formula is C34H42N4. The van der Waals surface area contributed by atoms with E-state index in [-0.39, 0.29) is 0 Å². The fourth-order valence-electron chi connectivity index (χ4n) is 5.14. The topological polar surface area (TPSA) is 32.3 Å². The summed E-state index contributed by atoms with van der Waals surface area (Å²) in [5.74, 6) is 0.467. The molecule has 0 unspecified atom stereocenters. The average molecular weight is 507 g/mol.